The first-order chi connectivity index (χ1) is 22.7. The van der Waals surface area contributed by atoms with Crippen molar-refractivity contribution in [1.29, 1.82) is 0 Å². The molecule has 8 aromatic rings. The summed E-state index contributed by atoms with van der Waals surface area (Å²) >= 11 is 1.67. The van der Waals surface area contributed by atoms with Crippen LogP contribution in [0.25, 0.3) is 50.5 Å². The van der Waals surface area contributed by atoms with E-state index in [1.807, 2.05) is 121 Å². The molecule has 0 fully saturated rings. The Balaban J connectivity index is 1.35. The molecule has 0 N–H and O–H groups in total. The van der Waals surface area contributed by atoms with Crippen molar-refractivity contribution in [1.82, 2.24) is 19.5 Å². The average molecular weight is 629 g/mol. The van der Waals surface area contributed by atoms with Gasteiger partial charge in [0.25, 0.3) is 0 Å². The smallest absolute Gasteiger partial charge is 0.238 e. The van der Waals surface area contributed by atoms with Gasteiger partial charge in [-0.1, -0.05) is 133 Å². The number of nitrogens with zero attached hydrogens (tertiary/aromatic N) is 4. The zero-order valence-corrected chi connectivity index (χ0v) is 26.2. The largest absolute Gasteiger partial charge is 0.309 e. The zero-order valence-electron chi connectivity index (χ0n) is 24.5. The minimum Gasteiger partial charge on any atom is -0.309 e. The average Bonchev–Trinajstić information content (AvgIpc) is 3.45. The molecular formula is C39H25N4OPS. The fourth-order valence-electron chi connectivity index (χ4n) is 6.39. The van der Waals surface area contributed by atoms with Crippen LogP contribution in [-0.2, 0) is 4.57 Å². The van der Waals surface area contributed by atoms with E-state index in [0.29, 0.717) is 17.6 Å². The van der Waals surface area contributed by atoms with Crippen molar-refractivity contribution in [3.63, 3.8) is 0 Å². The molecule has 1 unspecified atom stereocenters. The molecule has 1 aliphatic heterocycles. The van der Waals surface area contributed by atoms with Crippen LogP contribution < -0.4 is 15.9 Å². The molecule has 0 saturated heterocycles. The van der Waals surface area contributed by atoms with Crippen LogP contribution in [0.3, 0.4) is 0 Å². The molecule has 7 heteroatoms. The molecule has 5 nitrogen and oxygen atoms in total. The molecule has 0 saturated carbocycles. The van der Waals surface area contributed by atoms with E-state index in [0.717, 1.165) is 58.6 Å². The summed E-state index contributed by atoms with van der Waals surface area (Å²) in [5.41, 5.74) is 3.76. The molecule has 6 aromatic carbocycles. The van der Waals surface area contributed by atoms with E-state index in [1.165, 1.54) is 0 Å². The van der Waals surface area contributed by atoms with Gasteiger partial charge in [-0.05, 0) is 30.3 Å². The lowest BCUT2D eigenvalue weighted by Gasteiger charge is -2.29. The molecule has 2 aromatic heterocycles. The first kappa shape index (κ1) is 27.1. The molecule has 0 bridgehead atoms. The van der Waals surface area contributed by atoms with E-state index in [4.69, 9.17) is 15.0 Å². The number of benzene rings is 6. The molecule has 0 spiro atoms. The highest BCUT2D eigenvalue weighted by Crippen LogP contribution is 2.53. The van der Waals surface area contributed by atoms with E-state index >= 15 is 4.57 Å². The molecule has 0 radical (unpaired) electrons. The summed E-state index contributed by atoms with van der Waals surface area (Å²) < 4.78 is 17.6. The highest BCUT2D eigenvalue weighted by atomic mass is 32.2. The standard InChI is InChI=1S/C39H25N4OPS/c44-45(28-18-8-3-9-19-28)33-22-12-13-23-35(33)46-36-25-32-30(24-34(36)45)29-20-10-11-21-31(29)43(32)39-41-37(26-14-4-1-5-15-26)40-38(42-39)27-16-6-2-7-17-27/h1-25H. The summed E-state index contributed by atoms with van der Waals surface area (Å²) in [6.07, 6.45) is 0. The number of rotatable bonds is 4. The van der Waals surface area contributed by atoms with Gasteiger partial charge < -0.3 is 4.57 Å². The zero-order chi connectivity index (χ0) is 30.7. The highest BCUT2D eigenvalue weighted by Gasteiger charge is 2.38. The van der Waals surface area contributed by atoms with Gasteiger partial charge in [0.1, 0.15) is 0 Å². The maximum absolute atomic E-state index is 15.5. The number of hydrogen-bond acceptors (Lipinski definition) is 5. The van der Waals surface area contributed by atoms with Gasteiger partial charge in [-0.3, -0.25) is 4.57 Å². The van der Waals surface area contributed by atoms with Crippen LogP contribution >= 0.6 is 18.9 Å². The van der Waals surface area contributed by atoms with Crippen molar-refractivity contribution in [2.45, 2.75) is 9.79 Å². The Morgan fingerprint density at radius 1 is 0.500 bits per heavy atom. The first-order valence-electron chi connectivity index (χ1n) is 15.1. The summed E-state index contributed by atoms with van der Waals surface area (Å²) in [4.78, 5) is 17.1. The Labute approximate surface area is 270 Å². The summed E-state index contributed by atoms with van der Waals surface area (Å²) in [5.74, 6) is 1.74. The van der Waals surface area contributed by atoms with E-state index in [9.17, 15) is 0 Å². The monoisotopic (exact) mass is 628 g/mol. The van der Waals surface area contributed by atoms with Crippen LogP contribution in [0, 0.1) is 0 Å². The quantitative estimate of drug-likeness (QED) is 0.183. The van der Waals surface area contributed by atoms with E-state index in [-0.39, 0.29) is 0 Å². The van der Waals surface area contributed by atoms with Crippen LogP contribution in [-0.4, -0.2) is 19.5 Å². The van der Waals surface area contributed by atoms with Gasteiger partial charge in [0.05, 0.1) is 11.0 Å². The Hall–Kier alpha value is -5.29. The third kappa shape index (κ3) is 4.18. The molecule has 9 rings (SSSR count). The van der Waals surface area contributed by atoms with Gasteiger partial charge in [0.15, 0.2) is 18.8 Å². The summed E-state index contributed by atoms with van der Waals surface area (Å²) in [7, 11) is -3.16. The number of aromatic nitrogens is 4. The van der Waals surface area contributed by atoms with Crippen LogP contribution in [0.5, 0.6) is 0 Å². The molecular weight excluding hydrogens is 603 g/mol. The van der Waals surface area contributed by atoms with Crippen molar-refractivity contribution in [3.05, 3.63) is 152 Å². The summed E-state index contributed by atoms with van der Waals surface area (Å²) in [6.45, 7) is 0. The second-order valence-electron chi connectivity index (χ2n) is 11.2. The SMILES string of the molecule is O=P1(c2ccccc2)c2ccccc2Sc2cc3c(cc21)c1ccccc1n3-c1nc(-c2ccccc2)nc(-c2ccccc2)n1. The predicted octanol–water partition coefficient (Wildman–Crippen LogP) is 8.41. The van der Waals surface area contributed by atoms with Crippen LogP contribution in [0.2, 0.25) is 0 Å². The van der Waals surface area contributed by atoms with E-state index < -0.39 is 7.14 Å². The summed E-state index contributed by atoms with van der Waals surface area (Å²) in [5, 5.41) is 4.65. The number of hydrogen-bond donors (Lipinski definition) is 0. The fourth-order valence-corrected chi connectivity index (χ4v) is 11.1. The Bertz CT molecular complexity index is 2420. The van der Waals surface area contributed by atoms with Gasteiger partial charge in [-0.15, -0.1) is 0 Å². The normalized spacial score (nSPS) is 15.5. The third-order valence-corrected chi connectivity index (χ3v) is 13.1. The van der Waals surface area contributed by atoms with Gasteiger partial charge >= 0.3 is 0 Å². The van der Waals surface area contributed by atoms with Gasteiger partial charge in [0, 0.05) is 47.6 Å². The number of para-hydroxylation sites is 1. The topological polar surface area (TPSA) is 60.7 Å². The highest BCUT2D eigenvalue weighted by molar-refractivity contribution is 8.02. The molecule has 218 valence electrons. The number of fused-ring (bicyclic) bond motifs is 5. The minimum absolute atomic E-state index is 0.534. The molecule has 1 atom stereocenters. The Kier molecular flexibility index (Phi) is 6.27. The maximum Gasteiger partial charge on any atom is 0.238 e. The summed E-state index contributed by atoms with van der Waals surface area (Å²) in [6, 6.07) is 50.7. The van der Waals surface area contributed by atoms with Gasteiger partial charge in [-0.25, -0.2) is 4.98 Å². The molecule has 0 aliphatic carbocycles. The Morgan fingerprint density at radius 2 is 1.09 bits per heavy atom. The lowest BCUT2D eigenvalue weighted by atomic mass is 10.1. The molecule has 1 aliphatic rings. The molecule has 3 heterocycles. The lowest BCUT2D eigenvalue weighted by molar-refractivity contribution is 0.592. The van der Waals surface area contributed by atoms with Crippen molar-refractivity contribution in [2.75, 3.05) is 0 Å². The Morgan fingerprint density at radius 3 is 1.78 bits per heavy atom. The van der Waals surface area contributed by atoms with Gasteiger partial charge in [-0.2, -0.15) is 9.97 Å². The predicted molar refractivity (Wildman–Crippen MR) is 189 cm³/mol. The second kappa shape index (κ2) is 10.7. The van der Waals surface area contributed by atoms with Crippen molar-refractivity contribution in [3.8, 4) is 28.7 Å². The van der Waals surface area contributed by atoms with Crippen LogP contribution in [0.1, 0.15) is 0 Å². The van der Waals surface area contributed by atoms with E-state index in [2.05, 4.69) is 34.9 Å². The fraction of sp³-hybridized carbons (Fsp3) is 0. The maximum atomic E-state index is 15.5. The van der Waals surface area contributed by atoms with Crippen molar-refractivity contribution in [2.24, 2.45) is 0 Å². The van der Waals surface area contributed by atoms with Crippen LogP contribution in [0.15, 0.2) is 161 Å². The minimum atomic E-state index is -3.16. The van der Waals surface area contributed by atoms with Crippen LogP contribution in [0.4, 0.5) is 0 Å². The second-order valence-corrected chi connectivity index (χ2v) is 15.0. The third-order valence-electron chi connectivity index (χ3n) is 8.52. The van der Waals surface area contributed by atoms with E-state index in [1.54, 1.807) is 11.8 Å². The lowest BCUT2D eigenvalue weighted by Crippen LogP contribution is -2.30. The molecule has 0 amide bonds. The van der Waals surface area contributed by atoms with Crippen molar-refractivity contribution < 1.29 is 4.57 Å². The van der Waals surface area contributed by atoms with Crippen molar-refractivity contribution >= 4 is 56.6 Å². The molecule has 46 heavy (non-hydrogen) atoms. The first-order valence-corrected chi connectivity index (χ1v) is 17.6. The van der Waals surface area contributed by atoms with Gasteiger partial charge in [0.2, 0.25) is 5.95 Å².